The standard InChI is InChI=1S/C20H23IN2O2/c1-13(2)17-9-8-14(3)19(11-17)25-15(4)20(24)23-22-12-16-6-5-7-18(21)10-16/h5-13,15H,1-4H3,(H,23,24). The molecule has 2 rings (SSSR count). The Bertz CT molecular complexity index is 772. The molecule has 0 heterocycles. The molecule has 0 aliphatic carbocycles. The predicted molar refractivity (Wildman–Crippen MR) is 110 cm³/mol. The van der Waals surface area contributed by atoms with Crippen LogP contribution in [-0.4, -0.2) is 18.2 Å². The fourth-order valence-electron chi connectivity index (χ4n) is 2.19. The lowest BCUT2D eigenvalue weighted by atomic mass is 10.0. The number of aryl methyl sites for hydroxylation is 1. The van der Waals surface area contributed by atoms with Crippen molar-refractivity contribution < 1.29 is 9.53 Å². The molecule has 0 fully saturated rings. The van der Waals surface area contributed by atoms with Gasteiger partial charge in [0.25, 0.3) is 5.91 Å². The average Bonchev–Trinajstić information content (AvgIpc) is 2.56. The summed E-state index contributed by atoms with van der Waals surface area (Å²) in [5.74, 6) is 0.858. The van der Waals surface area contributed by atoms with Crippen LogP contribution in [-0.2, 0) is 4.79 Å². The van der Waals surface area contributed by atoms with Gasteiger partial charge in [-0.25, -0.2) is 5.43 Å². The van der Waals surface area contributed by atoms with Gasteiger partial charge in [-0.3, -0.25) is 4.79 Å². The molecule has 1 amide bonds. The number of ether oxygens (including phenoxy) is 1. The van der Waals surface area contributed by atoms with Crippen LogP contribution in [0, 0.1) is 10.5 Å². The number of halogens is 1. The second-order valence-electron chi connectivity index (χ2n) is 6.23. The summed E-state index contributed by atoms with van der Waals surface area (Å²) in [6, 6.07) is 14.0. The van der Waals surface area contributed by atoms with Crippen molar-refractivity contribution in [3.63, 3.8) is 0 Å². The second-order valence-corrected chi connectivity index (χ2v) is 7.47. The Kier molecular flexibility index (Phi) is 6.99. The quantitative estimate of drug-likeness (QED) is 0.396. The molecule has 5 heteroatoms. The van der Waals surface area contributed by atoms with Gasteiger partial charge in [0.1, 0.15) is 5.75 Å². The minimum Gasteiger partial charge on any atom is -0.481 e. The Morgan fingerprint density at radius 3 is 2.64 bits per heavy atom. The first kappa shape index (κ1) is 19.4. The number of carbonyl (C=O) groups excluding carboxylic acids is 1. The molecule has 1 atom stereocenters. The van der Waals surface area contributed by atoms with E-state index in [9.17, 15) is 4.79 Å². The number of carbonyl (C=O) groups is 1. The topological polar surface area (TPSA) is 50.7 Å². The van der Waals surface area contributed by atoms with E-state index in [0.29, 0.717) is 5.92 Å². The first-order valence-electron chi connectivity index (χ1n) is 8.22. The van der Waals surface area contributed by atoms with Crippen molar-refractivity contribution in [2.45, 2.75) is 39.7 Å². The number of amides is 1. The summed E-state index contributed by atoms with van der Waals surface area (Å²) in [5, 5.41) is 4.01. The van der Waals surface area contributed by atoms with E-state index in [-0.39, 0.29) is 5.91 Å². The molecule has 4 nitrogen and oxygen atoms in total. The van der Waals surface area contributed by atoms with Gasteiger partial charge in [-0.15, -0.1) is 0 Å². The summed E-state index contributed by atoms with van der Waals surface area (Å²) in [5.41, 5.74) is 5.65. The van der Waals surface area contributed by atoms with Gasteiger partial charge in [0.2, 0.25) is 0 Å². The molecule has 25 heavy (non-hydrogen) atoms. The summed E-state index contributed by atoms with van der Waals surface area (Å²) >= 11 is 2.23. The van der Waals surface area contributed by atoms with Crippen molar-refractivity contribution in [3.05, 3.63) is 62.7 Å². The highest BCUT2D eigenvalue weighted by molar-refractivity contribution is 14.1. The largest absolute Gasteiger partial charge is 0.481 e. The Morgan fingerprint density at radius 2 is 1.96 bits per heavy atom. The Labute approximate surface area is 162 Å². The number of nitrogens with zero attached hydrogens (tertiary/aromatic N) is 1. The van der Waals surface area contributed by atoms with E-state index in [1.807, 2.05) is 43.3 Å². The van der Waals surface area contributed by atoms with Crippen molar-refractivity contribution in [2.24, 2.45) is 5.10 Å². The third-order valence-electron chi connectivity index (χ3n) is 3.79. The summed E-state index contributed by atoms with van der Waals surface area (Å²) in [7, 11) is 0. The van der Waals surface area contributed by atoms with Crippen LogP contribution in [0.25, 0.3) is 0 Å². The number of hydrogen-bond acceptors (Lipinski definition) is 3. The predicted octanol–water partition coefficient (Wildman–Crippen LogP) is 4.64. The molecule has 0 aromatic heterocycles. The lowest BCUT2D eigenvalue weighted by Crippen LogP contribution is -2.33. The highest BCUT2D eigenvalue weighted by atomic mass is 127. The molecule has 0 spiro atoms. The van der Waals surface area contributed by atoms with Gasteiger partial charge in [0.15, 0.2) is 6.10 Å². The highest BCUT2D eigenvalue weighted by Gasteiger charge is 2.15. The molecule has 0 saturated carbocycles. The van der Waals surface area contributed by atoms with Crippen LogP contribution in [0.5, 0.6) is 5.75 Å². The lowest BCUT2D eigenvalue weighted by Gasteiger charge is -2.16. The average molecular weight is 450 g/mol. The molecule has 132 valence electrons. The third-order valence-corrected chi connectivity index (χ3v) is 4.46. The molecular weight excluding hydrogens is 427 g/mol. The van der Waals surface area contributed by atoms with E-state index < -0.39 is 6.10 Å². The third kappa shape index (κ3) is 5.85. The highest BCUT2D eigenvalue weighted by Crippen LogP contribution is 2.25. The SMILES string of the molecule is Cc1ccc(C(C)C)cc1OC(C)C(=O)NN=Cc1cccc(I)c1. The number of hydrogen-bond donors (Lipinski definition) is 1. The van der Waals surface area contributed by atoms with Crippen LogP contribution >= 0.6 is 22.6 Å². The van der Waals surface area contributed by atoms with Crippen molar-refractivity contribution in [2.75, 3.05) is 0 Å². The van der Waals surface area contributed by atoms with E-state index in [1.54, 1.807) is 13.1 Å². The zero-order chi connectivity index (χ0) is 18.4. The molecule has 0 radical (unpaired) electrons. The Balaban J connectivity index is 1.97. The van der Waals surface area contributed by atoms with E-state index in [1.165, 1.54) is 5.56 Å². The smallest absolute Gasteiger partial charge is 0.280 e. The molecule has 2 aromatic carbocycles. The first-order chi connectivity index (χ1) is 11.9. The minimum absolute atomic E-state index is 0.281. The maximum Gasteiger partial charge on any atom is 0.280 e. The summed E-state index contributed by atoms with van der Waals surface area (Å²) < 4.78 is 6.95. The van der Waals surface area contributed by atoms with Crippen molar-refractivity contribution in [1.29, 1.82) is 0 Å². The zero-order valence-corrected chi connectivity index (χ0v) is 17.1. The lowest BCUT2D eigenvalue weighted by molar-refractivity contribution is -0.127. The van der Waals surface area contributed by atoms with Crippen LogP contribution in [0.2, 0.25) is 0 Å². The molecule has 0 aliphatic heterocycles. The van der Waals surface area contributed by atoms with Gasteiger partial charge < -0.3 is 4.74 Å². The Hall–Kier alpha value is -1.89. The fourth-order valence-corrected chi connectivity index (χ4v) is 2.76. The van der Waals surface area contributed by atoms with Crippen LogP contribution in [0.4, 0.5) is 0 Å². The van der Waals surface area contributed by atoms with Gasteiger partial charge in [-0.2, -0.15) is 5.10 Å². The van der Waals surface area contributed by atoms with Crippen LogP contribution in [0.1, 0.15) is 43.4 Å². The zero-order valence-electron chi connectivity index (χ0n) is 14.9. The molecule has 0 saturated heterocycles. The van der Waals surface area contributed by atoms with E-state index in [4.69, 9.17) is 4.74 Å². The fraction of sp³-hybridized carbons (Fsp3) is 0.300. The monoisotopic (exact) mass is 450 g/mol. The van der Waals surface area contributed by atoms with Gasteiger partial charge in [0, 0.05) is 3.57 Å². The van der Waals surface area contributed by atoms with Crippen LogP contribution in [0.3, 0.4) is 0 Å². The number of benzene rings is 2. The van der Waals surface area contributed by atoms with Crippen LogP contribution < -0.4 is 10.2 Å². The van der Waals surface area contributed by atoms with Gasteiger partial charge in [-0.05, 0) is 77.2 Å². The number of rotatable bonds is 6. The van der Waals surface area contributed by atoms with Gasteiger partial charge in [0.05, 0.1) is 6.21 Å². The van der Waals surface area contributed by atoms with Crippen molar-refractivity contribution in [1.82, 2.24) is 5.43 Å². The van der Waals surface area contributed by atoms with E-state index >= 15 is 0 Å². The first-order valence-corrected chi connectivity index (χ1v) is 9.30. The summed E-state index contributed by atoms with van der Waals surface area (Å²) in [6.07, 6.45) is 0.992. The van der Waals surface area contributed by atoms with Gasteiger partial charge >= 0.3 is 0 Å². The normalized spacial score (nSPS) is 12.4. The maximum absolute atomic E-state index is 12.2. The summed E-state index contributed by atoms with van der Waals surface area (Å²) in [6.45, 7) is 7.95. The Morgan fingerprint density at radius 1 is 1.20 bits per heavy atom. The molecular formula is C20H23IN2O2. The number of nitrogens with one attached hydrogen (secondary N) is 1. The van der Waals surface area contributed by atoms with Crippen LogP contribution in [0.15, 0.2) is 47.6 Å². The molecule has 1 N–H and O–H groups in total. The maximum atomic E-state index is 12.2. The van der Waals surface area contributed by atoms with E-state index in [0.717, 1.165) is 20.4 Å². The van der Waals surface area contributed by atoms with E-state index in [2.05, 4.69) is 53.0 Å². The van der Waals surface area contributed by atoms with Crippen molar-refractivity contribution >= 4 is 34.7 Å². The number of hydrazone groups is 1. The second kappa shape index (κ2) is 8.99. The minimum atomic E-state index is -0.630. The van der Waals surface area contributed by atoms with Crippen molar-refractivity contribution in [3.8, 4) is 5.75 Å². The summed E-state index contributed by atoms with van der Waals surface area (Å²) in [4.78, 5) is 12.2. The molecule has 2 aromatic rings. The molecule has 0 bridgehead atoms. The molecule has 0 aliphatic rings. The van der Waals surface area contributed by atoms with Gasteiger partial charge in [-0.1, -0.05) is 38.1 Å². The molecule has 1 unspecified atom stereocenters.